The van der Waals surface area contributed by atoms with Gasteiger partial charge >= 0.3 is 0 Å². The maximum Gasteiger partial charge on any atom is 0.0974 e. The van der Waals surface area contributed by atoms with Crippen molar-refractivity contribution in [3.63, 3.8) is 0 Å². The molecule has 0 atom stereocenters. The van der Waals surface area contributed by atoms with E-state index in [0.717, 1.165) is 46.0 Å². The number of aromatic nitrogens is 2. The summed E-state index contributed by atoms with van der Waals surface area (Å²) in [6.45, 7) is 4.33. The van der Waals surface area contributed by atoms with Crippen LogP contribution in [0.3, 0.4) is 0 Å². The zero-order valence-corrected chi connectivity index (χ0v) is 24.0. The molecule has 0 saturated carbocycles. The lowest BCUT2D eigenvalue weighted by Gasteiger charge is -2.15. The molecule has 0 radical (unpaired) electrons. The van der Waals surface area contributed by atoms with Crippen molar-refractivity contribution in [2.75, 3.05) is 0 Å². The van der Waals surface area contributed by atoms with E-state index in [0.29, 0.717) is 0 Å². The molecule has 0 unspecified atom stereocenters. The second kappa shape index (κ2) is 11.1. The van der Waals surface area contributed by atoms with Gasteiger partial charge in [0.2, 0.25) is 0 Å². The number of benzene rings is 5. The van der Waals surface area contributed by atoms with Gasteiger partial charge < -0.3 is 0 Å². The van der Waals surface area contributed by atoms with E-state index in [2.05, 4.69) is 147 Å². The van der Waals surface area contributed by atoms with Crippen molar-refractivity contribution in [1.29, 1.82) is 0 Å². The fourth-order valence-electron chi connectivity index (χ4n) is 5.84. The predicted molar refractivity (Wildman–Crippen MR) is 178 cm³/mol. The summed E-state index contributed by atoms with van der Waals surface area (Å²) >= 11 is 0. The van der Waals surface area contributed by atoms with Crippen LogP contribution in [0.4, 0.5) is 0 Å². The summed E-state index contributed by atoms with van der Waals surface area (Å²) < 4.78 is 0. The van der Waals surface area contributed by atoms with E-state index >= 15 is 0 Å². The van der Waals surface area contributed by atoms with Crippen LogP contribution in [0.25, 0.3) is 66.3 Å². The topological polar surface area (TPSA) is 25.8 Å². The highest BCUT2D eigenvalue weighted by Crippen LogP contribution is 2.38. The van der Waals surface area contributed by atoms with Crippen molar-refractivity contribution >= 4 is 21.8 Å². The van der Waals surface area contributed by atoms with Crippen molar-refractivity contribution in [3.05, 3.63) is 145 Å². The van der Waals surface area contributed by atoms with E-state index < -0.39 is 0 Å². The van der Waals surface area contributed by atoms with E-state index in [1.165, 1.54) is 44.5 Å². The average molecular weight is 541 g/mol. The molecule has 7 aromatic rings. The highest BCUT2D eigenvalue weighted by molar-refractivity contribution is 6.08. The fraction of sp³-hybridized carbons (Fsp3) is 0.100. The average Bonchev–Trinajstić information content (AvgIpc) is 3.08. The molecule has 0 aliphatic carbocycles. The quantitative estimate of drug-likeness (QED) is 0.196. The molecule has 202 valence electrons. The monoisotopic (exact) mass is 540 g/mol. The van der Waals surface area contributed by atoms with Gasteiger partial charge in [-0.15, -0.1) is 0 Å². The lowest BCUT2D eigenvalue weighted by molar-refractivity contribution is 1.05. The first-order valence-corrected chi connectivity index (χ1v) is 14.8. The molecule has 0 fully saturated rings. The summed E-state index contributed by atoms with van der Waals surface area (Å²) in [5, 5.41) is 2.26. The molecule has 0 spiro atoms. The second-order valence-corrected chi connectivity index (χ2v) is 10.8. The third-order valence-electron chi connectivity index (χ3n) is 8.13. The molecule has 2 nitrogen and oxygen atoms in total. The van der Waals surface area contributed by atoms with Gasteiger partial charge in [-0.05, 0) is 93.7 Å². The smallest absolute Gasteiger partial charge is 0.0974 e. The summed E-state index contributed by atoms with van der Waals surface area (Å²) in [7, 11) is 0. The van der Waals surface area contributed by atoms with Gasteiger partial charge in [0.25, 0.3) is 0 Å². The van der Waals surface area contributed by atoms with Gasteiger partial charge in [-0.2, -0.15) is 0 Å². The van der Waals surface area contributed by atoms with E-state index in [-0.39, 0.29) is 0 Å². The van der Waals surface area contributed by atoms with Gasteiger partial charge in [0.05, 0.1) is 11.0 Å². The van der Waals surface area contributed by atoms with Crippen LogP contribution in [0.1, 0.15) is 25.2 Å². The Morgan fingerprint density at radius 2 is 0.929 bits per heavy atom. The standard InChI is InChI=1S/C40H32N2/c1-3-35-20-18-29-19-21-37-38(26-36(4-2)42-40(37)39(29)41-35)34-24-32(28-14-9-6-10-15-28)23-33(25-34)31-17-11-16-30(22-31)27-12-7-5-8-13-27/h5-26H,3-4H2,1-2H3. The lowest BCUT2D eigenvalue weighted by Crippen LogP contribution is -1.96. The van der Waals surface area contributed by atoms with Crippen LogP contribution in [0.2, 0.25) is 0 Å². The molecule has 0 saturated heterocycles. The molecular formula is C40H32N2. The molecule has 5 aromatic carbocycles. The minimum Gasteiger partial charge on any atom is -0.251 e. The van der Waals surface area contributed by atoms with Gasteiger partial charge in [0, 0.05) is 22.2 Å². The van der Waals surface area contributed by atoms with Crippen LogP contribution in [0.15, 0.2) is 133 Å². The second-order valence-electron chi connectivity index (χ2n) is 10.8. The highest BCUT2D eigenvalue weighted by Gasteiger charge is 2.15. The zero-order chi connectivity index (χ0) is 28.5. The molecule has 0 aliphatic heterocycles. The van der Waals surface area contributed by atoms with E-state index in [1.807, 2.05) is 0 Å². The van der Waals surface area contributed by atoms with Crippen molar-refractivity contribution in [2.45, 2.75) is 26.7 Å². The lowest BCUT2D eigenvalue weighted by atomic mass is 9.90. The van der Waals surface area contributed by atoms with Crippen LogP contribution in [-0.2, 0) is 12.8 Å². The predicted octanol–water partition coefficient (Wildman–Crippen LogP) is 10.6. The first kappa shape index (κ1) is 25.9. The number of hydrogen-bond acceptors (Lipinski definition) is 2. The summed E-state index contributed by atoms with van der Waals surface area (Å²) in [5.41, 5.74) is 13.7. The molecule has 0 N–H and O–H groups in total. The number of pyridine rings is 2. The first-order chi connectivity index (χ1) is 20.7. The number of hydrogen-bond donors (Lipinski definition) is 0. The van der Waals surface area contributed by atoms with Gasteiger partial charge in [-0.3, -0.25) is 9.97 Å². The Morgan fingerprint density at radius 1 is 0.405 bits per heavy atom. The van der Waals surface area contributed by atoms with E-state index in [4.69, 9.17) is 9.97 Å². The Morgan fingerprint density at radius 3 is 1.62 bits per heavy atom. The molecule has 0 amide bonds. The molecule has 2 aromatic heterocycles. The van der Waals surface area contributed by atoms with Gasteiger partial charge in [-0.25, -0.2) is 0 Å². The molecular weight excluding hydrogens is 508 g/mol. The summed E-state index contributed by atoms with van der Waals surface area (Å²) in [5.74, 6) is 0. The Kier molecular flexibility index (Phi) is 6.81. The molecule has 0 aliphatic rings. The van der Waals surface area contributed by atoms with Crippen LogP contribution in [-0.4, -0.2) is 9.97 Å². The third-order valence-corrected chi connectivity index (χ3v) is 8.13. The molecule has 42 heavy (non-hydrogen) atoms. The van der Waals surface area contributed by atoms with Crippen LogP contribution in [0, 0.1) is 0 Å². The SMILES string of the molecule is CCc1ccc2ccc3c(-c4cc(-c5ccccc5)cc(-c5cccc(-c6ccccc6)c5)c4)cc(CC)nc3c2n1. The summed E-state index contributed by atoms with van der Waals surface area (Å²) in [4.78, 5) is 10.2. The molecule has 7 rings (SSSR count). The first-order valence-electron chi connectivity index (χ1n) is 14.8. The number of fused-ring (bicyclic) bond motifs is 3. The van der Waals surface area contributed by atoms with Crippen molar-refractivity contribution in [2.24, 2.45) is 0 Å². The number of aryl methyl sites for hydroxylation is 2. The minimum absolute atomic E-state index is 0.858. The van der Waals surface area contributed by atoms with Crippen LogP contribution in [0.5, 0.6) is 0 Å². The Hall–Kier alpha value is -5.08. The molecule has 2 heterocycles. The zero-order valence-electron chi connectivity index (χ0n) is 24.0. The van der Waals surface area contributed by atoms with Gasteiger partial charge in [0.15, 0.2) is 0 Å². The van der Waals surface area contributed by atoms with Crippen molar-refractivity contribution in [1.82, 2.24) is 9.97 Å². The van der Waals surface area contributed by atoms with E-state index in [1.54, 1.807) is 0 Å². The highest BCUT2D eigenvalue weighted by atomic mass is 14.8. The largest absolute Gasteiger partial charge is 0.251 e. The maximum absolute atomic E-state index is 5.13. The maximum atomic E-state index is 5.13. The number of nitrogens with zero attached hydrogens (tertiary/aromatic N) is 2. The molecule has 2 heteroatoms. The molecule has 0 bridgehead atoms. The van der Waals surface area contributed by atoms with Crippen LogP contribution >= 0.6 is 0 Å². The summed E-state index contributed by atoms with van der Waals surface area (Å²) in [6, 6.07) is 48.1. The van der Waals surface area contributed by atoms with E-state index in [9.17, 15) is 0 Å². The van der Waals surface area contributed by atoms with Crippen molar-refractivity contribution < 1.29 is 0 Å². The Labute approximate surface area is 247 Å². The third kappa shape index (κ3) is 4.86. The van der Waals surface area contributed by atoms with Crippen LogP contribution < -0.4 is 0 Å². The van der Waals surface area contributed by atoms with Gasteiger partial charge in [0.1, 0.15) is 0 Å². The minimum atomic E-state index is 0.858. The Balaban J connectivity index is 1.48. The Bertz CT molecular complexity index is 2040. The fourth-order valence-corrected chi connectivity index (χ4v) is 5.84. The summed E-state index contributed by atoms with van der Waals surface area (Å²) in [6.07, 6.45) is 1.76. The number of rotatable bonds is 6. The van der Waals surface area contributed by atoms with Gasteiger partial charge in [-0.1, -0.05) is 111 Å². The van der Waals surface area contributed by atoms with Crippen molar-refractivity contribution in [3.8, 4) is 44.5 Å². The normalized spacial score (nSPS) is 11.3.